The molecule has 62 valence electrons. The molecule has 1 nitrogen and oxygen atoms in total. The molecule has 0 spiro atoms. The molecule has 0 aromatic heterocycles. The predicted molar refractivity (Wildman–Crippen MR) is 46.3 cm³/mol. The highest BCUT2D eigenvalue weighted by Crippen LogP contribution is 2.38. The zero-order chi connectivity index (χ0) is 8.43. The first-order valence-electron chi connectivity index (χ1n) is 4.27. The summed E-state index contributed by atoms with van der Waals surface area (Å²) in [7, 11) is 0. The van der Waals surface area contributed by atoms with Crippen molar-refractivity contribution in [1.82, 2.24) is 0 Å². The van der Waals surface area contributed by atoms with E-state index in [0.717, 1.165) is 12.7 Å². The lowest BCUT2D eigenvalue weighted by Crippen LogP contribution is -2.14. The van der Waals surface area contributed by atoms with E-state index in [9.17, 15) is 4.79 Å². The molecule has 0 N–H and O–H groups in total. The fraction of sp³-hybridized carbons (Fsp3) is 0.700. The first-order chi connectivity index (χ1) is 5.16. The maximum Gasteiger partial charge on any atom is 0.123 e. The lowest BCUT2D eigenvalue weighted by Gasteiger charge is -2.16. The van der Waals surface area contributed by atoms with Gasteiger partial charge in [-0.1, -0.05) is 19.1 Å². The minimum absolute atomic E-state index is 0.243. The molecule has 0 aromatic carbocycles. The van der Waals surface area contributed by atoms with Gasteiger partial charge >= 0.3 is 0 Å². The van der Waals surface area contributed by atoms with Gasteiger partial charge in [-0.3, -0.25) is 0 Å². The summed E-state index contributed by atoms with van der Waals surface area (Å²) in [4.78, 5) is 10.7. The van der Waals surface area contributed by atoms with Gasteiger partial charge < -0.3 is 4.79 Å². The van der Waals surface area contributed by atoms with Gasteiger partial charge in [0.05, 0.1) is 0 Å². The predicted octanol–water partition coefficient (Wildman–Crippen LogP) is 2.42. The van der Waals surface area contributed by atoms with Crippen molar-refractivity contribution < 1.29 is 4.79 Å². The SMILES string of the molecule is C=C(C)[C@H]1CC[C@@H](C)[C@H]1C=O. The number of rotatable bonds is 2. The minimum atomic E-state index is 0.243. The average Bonchev–Trinajstić information content (AvgIpc) is 2.30. The number of carbonyl (C=O) groups is 1. The van der Waals surface area contributed by atoms with E-state index in [1.807, 2.05) is 6.92 Å². The van der Waals surface area contributed by atoms with Crippen molar-refractivity contribution in [2.24, 2.45) is 17.8 Å². The third-order valence-corrected chi connectivity index (χ3v) is 2.84. The van der Waals surface area contributed by atoms with Gasteiger partial charge in [0, 0.05) is 5.92 Å². The Morgan fingerprint density at radius 1 is 1.55 bits per heavy atom. The topological polar surface area (TPSA) is 17.1 Å². The van der Waals surface area contributed by atoms with E-state index in [1.165, 1.54) is 12.0 Å². The molecule has 0 heterocycles. The quantitative estimate of drug-likeness (QED) is 0.438. The van der Waals surface area contributed by atoms with Crippen LogP contribution in [0.15, 0.2) is 12.2 Å². The number of hydrogen-bond acceptors (Lipinski definition) is 1. The third-order valence-electron chi connectivity index (χ3n) is 2.84. The Balaban J connectivity index is 2.68. The van der Waals surface area contributed by atoms with Crippen LogP contribution in [0.2, 0.25) is 0 Å². The number of aldehydes is 1. The molecule has 0 amide bonds. The normalized spacial score (nSPS) is 37.1. The molecule has 3 atom stereocenters. The Hall–Kier alpha value is -0.590. The molecule has 0 aliphatic heterocycles. The Morgan fingerprint density at radius 2 is 2.18 bits per heavy atom. The van der Waals surface area contributed by atoms with Crippen molar-refractivity contribution in [2.45, 2.75) is 26.7 Å². The molecule has 1 heteroatoms. The lowest BCUT2D eigenvalue weighted by molar-refractivity contribution is -0.112. The Labute approximate surface area is 68.5 Å². The maximum absolute atomic E-state index is 10.7. The van der Waals surface area contributed by atoms with Gasteiger partial charge in [-0.15, -0.1) is 0 Å². The summed E-state index contributed by atoms with van der Waals surface area (Å²) in [5.41, 5.74) is 1.17. The van der Waals surface area contributed by atoms with E-state index < -0.39 is 0 Å². The highest BCUT2D eigenvalue weighted by molar-refractivity contribution is 5.56. The van der Waals surface area contributed by atoms with Crippen LogP contribution in [0, 0.1) is 17.8 Å². The summed E-state index contributed by atoms with van der Waals surface area (Å²) in [6.45, 7) is 8.09. The summed E-state index contributed by atoms with van der Waals surface area (Å²) in [5.74, 6) is 1.27. The van der Waals surface area contributed by atoms with Crippen molar-refractivity contribution >= 4 is 6.29 Å². The summed E-state index contributed by atoms with van der Waals surface area (Å²) in [6.07, 6.45) is 3.44. The van der Waals surface area contributed by atoms with Gasteiger partial charge in [0.2, 0.25) is 0 Å². The van der Waals surface area contributed by atoms with Crippen molar-refractivity contribution in [3.05, 3.63) is 12.2 Å². The summed E-state index contributed by atoms with van der Waals surface area (Å²) in [5, 5.41) is 0. The van der Waals surface area contributed by atoms with E-state index in [2.05, 4.69) is 13.5 Å². The van der Waals surface area contributed by atoms with Crippen LogP contribution >= 0.6 is 0 Å². The summed E-state index contributed by atoms with van der Waals surface area (Å²) < 4.78 is 0. The van der Waals surface area contributed by atoms with Crippen LogP contribution in [0.4, 0.5) is 0 Å². The van der Waals surface area contributed by atoms with Crippen LogP contribution in [0.3, 0.4) is 0 Å². The minimum Gasteiger partial charge on any atom is -0.303 e. The van der Waals surface area contributed by atoms with Gasteiger partial charge in [0.25, 0.3) is 0 Å². The molecule has 0 bridgehead atoms. The van der Waals surface area contributed by atoms with Crippen LogP contribution in [0.25, 0.3) is 0 Å². The standard InChI is InChI=1S/C10H16O/c1-7(2)9-5-4-8(3)10(9)6-11/h6,8-10H,1,4-5H2,2-3H3/t8-,9-,10-/m1/s1. The van der Waals surface area contributed by atoms with Crippen molar-refractivity contribution in [3.63, 3.8) is 0 Å². The first kappa shape index (κ1) is 8.51. The molecule has 1 aliphatic rings. The molecule has 11 heavy (non-hydrogen) atoms. The summed E-state index contributed by atoms with van der Waals surface area (Å²) in [6, 6.07) is 0. The summed E-state index contributed by atoms with van der Waals surface area (Å²) >= 11 is 0. The largest absolute Gasteiger partial charge is 0.303 e. The van der Waals surface area contributed by atoms with Crippen molar-refractivity contribution in [1.29, 1.82) is 0 Å². The second-order valence-corrected chi connectivity index (χ2v) is 3.72. The van der Waals surface area contributed by atoms with Crippen LogP contribution in [0.5, 0.6) is 0 Å². The molecule has 0 radical (unpaired) electrons. The molecular formula is C10H16O. The van der Waals surface area contributed by atoms with E-state index in [1.54, 1.807) is 0 Å². The van der Waals surface area contributed by atoms with Crippen LogP contribution < -0.4 is 0 Å². The maximum atomic E-state index is 10.7. The molecule has 1 aliphatic carbocycles. The van der Waals surface area contributed by atoms with E-state index in [4.69, 9.17) is 0 Å². The van der Waals surface area contributed by atoms with Gasteiger partial charge in [-0.05, 0) is 31.6 Å². The van der Waals surface area contributed by atoms with Gasteiger partial charge in [-0.25, -0.2) is 0 Å². The van der Waals surface area contributed by atoms with Gasteiger partial charge in [-0.2, -0.15) is 0 Å². The third kappa shape index (κ3) is 1.52. The van der Waals surface area contributed by atoms with Crippen LogP contribution in [-0.4, -0.2) is 6.29 Å². The second-order valence-electron chi connectivity index (χ2n) is 3.72. The Bertz CT molecular complexity index is 172. The van der Waals surface area contributed by atoms with E-state index >= 15 is 0 Å². The lowest BCUT2D eigenvalue weighted by atomic mass is 9.88. The molecule has 0 aromatic rings. The average molecular weight is 152 g/mol. The Kier molecular flexibility index (Phi) is 2.48. The number of allylic oxidation sites excluding steroid dienone is 1. The highest BCUT2D eigenvalue weighted by atomic mass is 16.1. The number of hydrogen-bond donors (Lipinski definition) is 0. The fourth-order valence-corrected chi connectivity index (χ4v) is 2.03. The van der Waals surface area contributed by atoms with Crippen molar-refractivity contribution in [2.75, 3.05) is 0 Å². The molecule has 1 rings (SSSR count). The second kappa shape index (κ2) is 3.21. The Morgan fingerprint density at radius 3 is 2.55 bits per heavy atom. The van der Waals surface area contributed by atoms with E-state index in [0.29, 0.717) is 11.8 Å². The van der Waals surface area contributed by atoms with E-state index in [-0.39, 0.29) is 5.92 Å². The smallest absolute Gasteiger partial charge is 0.123 e. The molecular weight excluding hydrogens is 136 g/mol. The fourth-order valence-electron chi connectivity index (χ4n) is 2.03. The van der Waals surface area contributed by atoms with Crippen LogP contribution in [0.1, 0.15) is 26.7 Å². The monoisotopic (exact) mass is 152 g/mol. The molecule has 0 unspecified atom stereocenters. The number of carbonyl (C=O) groups excluding carboxylic acids is 1. The highest BCUT2D eigenvalue weighted by Gasteiger charge is 2.32. The van der Waals surface area contributed by atoms with Gasteiger partial charge in [0.1, 0.15) is 6.29 Å². The zero-order valence-electron chi connectivity index (χ0n) is 7.34. The molecule has 1 saturated carbocycles. The van der Waals surface area contributed by atoms with Crippen molar-refractivity contribution in [3.8, 4) is 0 Å². The van der Waals surface area contributed by atoms with Gasteiger partial charge in [0.15, 0.2) is 0 Å². The molecule has 1 fully saturated rings. The first-order valence-corrected chi connectivity index (χ1v) is 4.27. The van der Waals surface area contributed by atoms with Crippen LogP contribution in [-0.2, 0) is 4.79 Å². The zero-order valence-corrected chi connectivity index (χ0v) is 7.34. The molecule has 0 saturated heterocycles.